The number of halogens is 3. The molecule has 1 amide bonds. The summed E-state index contributed by atoms with van der Waals surface area (Å²) in [6, 6.07) is 10.7. The summed E-state index contributed by atoms with van der Waals surface area (Å²) in [6.45, 7) is -0.0509. The van der Waals surface area contributed by atoms with E-state index in [-0.39, 0.29) is 11.8 Å². The molecular formula is C19H14Cl3N3O3. The van der Waals surface area contributed by atoms with Gasteiger partial charge in [-0.2, -0.15) is 0 Å². The number of carbonyl (C=O) groups is 1. The van der Waals surface area contributed by atoms with Crippen LogP contribution in [-0.2, 0) is 11.3 Å². The molecule has 2 aromatic heterocycles. The van der Waals surface area contributed by atoms with E-state index in [2.05, 4.69) is 9.97 Å². The normalized spacial score (nSPS) is 10.6. The standard InChI is InChI=1S/C19H14Cl3N3O3/c1-27-18-10(9-28-19(23)26)5-6-14(25-18)13-4-2-3-11(15(13)20)12-7-8-24-17(22)16(12)21/h2-8H,9H2,1H3,(H2,23,26). The topological polar surface area (TPSA) is 87.3 Å². The number of hydrogen-bond acceptors (Lipinski definition) is 5. The van der Waals surface area contributed by atoms with Gasteiger partial charge in [0.05, 0.1) is 28.4 Å². The highest BCUT2D eigenvalue weighted by molar-refractivity contribution is 6.43. The lowest BCUT2D eigenvalue weighted by Crippen LogP contribution is -2.13. The summed E-state index contributed by atoms with van der Waals surface area (Å²) in [5.74, 6) is 0.296. The molecule has 0 unspecified atom stereocenters. The number of nitrogens with two attached hydrogens (primary N) is 1. The fourth-order valence-electron chi connectivity index (χ4n) is 2.62. The fraction of sp³-hybridized carbons (Fsp3) is 0.105. The minimum absolute atomic E-state index is 0.0509. The smallest absolute Gasteiger partial charge is 0.404 e. The van der Waals surface area contributed by atoms with E-state index in [0.29, 0.717) is 43.9 Å². The highest BCUT2D eigenvalue weighted by Crippen LogP contribution is 2.40. The summed E-state index contributed by atoms with van der Waals surface area (Å²) >= 11 is 19.0. The third kappa shape index (κ3) is 4.14. The van der Waals surface area contributed by atoms with Gasteiger partial charge in [-0.3, -0.25) is 0 Å². The number of benzene rings is 1. The summed E-state index contributed by atoms with van der Waals surface area (Å²) in [5.41, 5.74) is 8.17. The molecule has 144 valence electrons. The van der Waals surface area contributed by atoms with Gasteiger partial charge in [-0.05, 0) is 18.2 Å². The molecule has 3 rings (SSSR count). The molecule has 0 radical (unpaired) electrons. The molecule has 0 fully saturated rings. The Morgan fingerprint density at radius 1 is 1.04 bits per heavy atom. The summed E-state index contributed by atoms with van der Waals surface area (Å²) in [5, 5.41) is 0.953. The van der Waals surface area contributed by atoms with Gasteiger partial charge in [0.1, 0.15) is 11.8 Å². The number of nitrogens with zero attached hydrogens (tertiary/aromatic N) is 2. The Morgan fingerprint density at radius 3 is 2.46 bits per heavy atom. The van der Waals surface area contributed by atoms with E-state index in [9.17, 15) is 4.79 Å². The average molecular weight is 439 g/mol. The zero-order chi connectivity index (χ0) is 20.3. The molecular weight excluding hydrogens is 425 g/mol. The van der Waals surface area contributed by atoms with Gasteiger partial charge in [-0.25, -0.2) is 14.8 Å². The molecule has 1 aromatic carbocycles. The summed E-state index contributed by atoms with van der Waals surface area (Å²) in [7, 11) is 1.47. The molecule has 2 heterocycles. The highest BCUT2D eigenvalue weighted by atomic mass is 35.5. The maximum absolute atomic E-state index is 10.8. The number of amides is 1. The molecule has 0 atom stereocenters. The second kappa shape index (κ2) is 8.65. The van der Waals surface area contributed by atoms with Crippen molar-refractivity contribution >= 4 is 40.9 Å². The van der Waals surface area contributed by atoms with Crippen LogP contribution in [0.4, 0.5) is 4.79 Å². The van der Waals surface area contributed by atoms with Gasteiger partial charge < -0.3 is 15.2 Å². The number of aromatic nitrogens is 2. The number of methoxy groups -OCH3 is 1. The SMILES string of the molecule is COc1nc(-c2cccc(-c3ccnc(Cl)c3Cl)c2Cl)ccc1COC(N)=O. The largest absolute Gasteiger partial charge is 0.481 e. The molecule has 0 saturated carbocycles. The quantitative estimate of drug-likeness (QED) is 0.541. The van der Waals surface area contributed by atoms with Crippen molar-refractivity contribution < 1.29 is 14.3 Å². The monoisotopic (exact) mass is 437 g/mol. The molecule has 9 heteroatoms. The van der Waals surface area contributed by atoms with E-state index in [1.807, 2.05) is 18.2 Å². The predicted molar refractivity (Wildman–Crippen MR) is 109 cm³/mol. The van der Waals surface area contributed by atoms with Crippen LogP contribution in [0.2, 0.25) is 15.2 Å². The Bertz CT molecular complexity index is 1040. The van der Waals surface area contributed by atoms with Crippen LogP contribution in [0.25, 0.3) is 22.4 Å². The fourth-order valence-corrected chi connectivity index (χ4v) is 3.32. The Hall–Kier alpha value is -2.54. The van der Waals surface area contributed by atoms with Crippen molar-refractivity contribution in [2.75, 3.05) is 7.11 Å². The van der Waals surface area contributed by atoms with Gasteiger partial charge in [-0.1, -0.05) is 53.0 Å². The van der Waals surface area contributed by atoms with Crippen molar-refractivity contribution in [3.8, 4) is 28.3 Å². The zero-order valence-electron chi connectivity index (χ0n) is 14.6. The molecule has 0 saturated heterocycles. The molecule has 0 aliphatic rings. The van der Waals surface area contributed by atoms with Gasteiger partial charge in [-0.15, -0.1) is 0 Å². The first kappa shape index (κ1) is 20.2. The maximum atomic E-state index is 10.8. The Balaban J connectivity index is 2.05. The van der Waals surface area contributed by atoms with Gasteiger partial charge in [0.15, 0.2) is 0 Å². The van der Waals surface area contributed by atoms with Crippen LogP contribution in [-0.4, -0.2) is 23.2 Å². The molecule has 0 bridgehead atoms. The Labute approximate surface area is 176 Å². The number of hydrogen-bond donors (Lipinski definition) is 1. The lowest BCUT2D eigenvalue weighted by molar-refractivity contribution is 0.149. The third-order valence-electron chi connectivity index (χ3n) is 3.91. The first-order valence-corrected chi connectivity index (χ1v) is 9.11. The average Bonchev–Trinajstić information content (AvgIpc) is 2.69. The summed E-state index contributed by atoms with van der Waals surface area (Å²) < 4.78 is 10.1. The van der Waals surface area contributed by atoms with Gasteiger partial charge in [0, 0.05) is 22.9 Å². The number of primary amides is 1. The van der Waals surface area contributed by atoms with Crippen molar-refractivity contribution in [2.45, 2.75) is 6.61 Å². The zero-order valence-corrected chi connectivity index (χ0v) is 16.8. The highest BCUT2D eigenvalue weighted by Gasteiger charge is 2.16. The van der Waals surface area contributed by atoms with Crippen molar-refractivity contribution in [2.24, 2.45) is 5.73 Å². The van der Waals surface area contributed by atoms with E-state index < -0.39 is 6.09 Å². The first-order chi connectivity index (χ1) is 13.4. The van der Waals surface area contributed by atoms with Crippen molar-refractivity contribution in [1.82, 2.24) is 9.97 Å². The van der Waals surface area contributed by atoms with Gasteiger partial charge in [0.2, 0.25) is 5.88 Å². The van der Waals surface area contributed by atoms with Crippen LogP contribution in [0.5, 0.6) is 5.88 Å². The van der Waals surface area contributed by atoms with Crippen molar-refractivity contribution in [3.05, 3.63) is 63.4 Å². The second-order valence-corrected chi connectivity index (χ2v) is 6.72. The number of ether oxygens (including phenoxy) is 2. The van der Waals surface area contributed by atoms with E-state index in [4.69, 9.17) is 50.0 Å². The molecule has 6 nitrogen and oxygen atoms in total. The van der Waals surface area contributed by atoms with Crippen LogP contribution >= 0.6 is 34.8 Å². The van der Waals surface area contributed by atoms with Gasteiger partial charge in [0.25, 0.3) is 0 Å². The van der Waals surface area contributed by atoms with Crippen LogP contribution in [0, 0.1) is 0 Å². The molecule has 3 aromatic rings. The molecule has 0 spiro atoms. The summed E-state index contributed by atoms with van der Waals surface area (Å²) in [6.07, 6.45) is 0.677. The number of rotatable bonds is 5. The minimum Gasteiger partial charge on any atom is -0.481 e. The molecule has 0 aliphatic carbocycles. The van der Waals surface area contributed by atoms with E-state index >= 15 is 0 Å². The Morgan fingerprint density at radius 2 is 1.75 bits per heavy atom. The lowest BCUT2D eigenvalue weighted by Gasteiger charge is -2.13. The van der Waals surface area contributed by atoms with Crippen molar-refractivity contribution in [1.29, 1.82) is 0 Å². The maximum Gasteiger partial charge on any atom is 0.404 e. The summed E-state index contributed by atoms with van der Waals surface area (Å²) in [4.78, 5) is 19.2. The number of pyridine rings is 2. The Kier molecular flexibility index (Phi) is 6.24. The van der Waals surface area contributed by atoms with Crippen molar-refractivity contribution in [3.63, 3.8) is 0 Å². The molecule has 0 aliphatic heterocycles. The minimum atomic E-state index is -0.880. The van der Waals surface area contributed by atoms with Crippen LogP contribution in [0.15, 0.2) is 42.6 Å². The second-order valence-electron chi connectivity index (χ2n) is 5.60. The lowest BCUT2D eigenvalue weighted by atomic mass is 10.0. The molecule has 28 heavy (non-hydrogen) atoms. The number of carbonyl (C=O) groups excluding carboxylic acids is 1. The van der Waals surface area contributed by atoms with E-state index in [1.54, 1.807) is 24.4 Å². The first-order valence-electron chi connectivity index (χ1n) is 7.97. The van der Waals surface area contributed by atoms with E-state index in [1.165, 1.54) is 7.11 Å². The third-order valence-corrected chi connectivity index (χ3v) is 5.09. The van der Waals surface area contributed by atoms with Crippen LogP contribution in [0.1, 0.15) is 5.56 Å². The van der Waals surface area contributed by atoms with Crippen LogP contribution < -0.4 is 10.5 Å². The van der Waals surface area contributed by atoms with Gasteiger partial charge >= 0.3 is 6.09 Å². The molecule has 2 N–H and O–H groups in total. The van der Waals surface area contributed by atoms with E-state index in [0.717, 1.165) is 0 Å². The predicted octanol–water partition coefficient (Wildman–Crippen LogP) is 5.37. The van der Waals surface area contributed by atoms with Crippen LogP contribution in [0.3, 0.4) is 0 Å².